The van der Waals surface area contributed by atoms with Crippen molar-refractivity contribution in [2.75, 3.05) is 22.9 Å². The summed E-state index contributed by atoms with van der Waals surface area (Å²) >= 11 is 0. The predicted molar refractivity (Wildman–Crippen MR) is 196 cm³/mol. The van der Waals surface area contributed by atoms with Crippen LogP contribution in [0, 0.1) is 11.8 Å². The van der Waals surface area contributed by atoms with Gasteiger partial charge in [-0.15, -0.1) is 0 Å². The zero-order valence-electron chi connectivity index (χ0n) is 29.3. The Morgan fingerprint density at radius 2 is 0.940 bits per heavy atom. The van der Waals surface area contributed by atoms with Gasteiger partial charge in [-0.3, -0.25) is 9.59 Å². The van der Waals surface area contributed by atoms with Crippen molar-refractivity contribution in [3.63, 3.8) is 0 Å². The molecule has 0 saturated carbocycles. The summed E-state index contributed by atoms with van der Waals surface area (Å²) in [4.78, 5) is 59.3. The number of ether oxygens (including phenoxy) is 2. The van der Waals surface area contributed by atoms with Gasteiger partial charge >= 0.3 is 11.9 Å². The number of rotatable bonds is 12. The van der Waals surface area contributed by atoms with Crippen LogP contribution in [0.5, 0.6) is 11.5 Å². The van der Waals surface area contributed by atoms with Crippen molar-refractivity contribution in [1.82, 2.24) is 0 Å². The number of hydrogen-bond donors (Lipinski definition) is 0. The summed E-state index contributed by atoms with van der Waals surface area (Å²) in [7, 11) is 0. The molecule has 8 nitrogen and oxygen atoms in total. The van der Waals surface area contributed by atoms with Crippen LogP contribution in [0.2, 0.25) is 0 Å². The van der Waals surface area contributed by atoms with Crippen LogP contribution in [0.25, 0.3) is 22.3 Å². The Bertz CT molecular complexity index is 1830. The molecule has 0 bridgehead atoms. The van der Waals surface area contributed by atoms with Gasteiger partial charge < -0.3 is 19.3 Å². The molecule has 2 amide bonds. The minimum absolute atomic E-state index is 0.160. The highest BCUT2D eigenvalue weighted by molar-refractivity contribution is 6.48. The minimum Gasteiger partial charge on any atom is -0.422 e. The Kier molecular flexibility index (Phi) is 9.21. The quantitative estimate of drug-likeness (QED) is 0.109. The fourth-order valence-corrected chi connectivity index (χ4v) is 7.87. The first-order valence-electron chi connectivity index (χ1n) is 18.2. The van der Waals surface area contributed by atoms with E-state index in [0.717, 1.165) is 62.7 Å². The maximum absolute atomic E-state index is 14.2. The van der Waals surface area contributed by atoms with Crippen molar-refractivity contribution in [3.8, 4) is 11.5 Å². The van der Waals surface area contributed by atoms with E-state index in [4.69, 9.17) is 9.47 Å². The molecule has 0 spiro atoms. The second-order valence-electron chi connectivity index (χ2n) is 13.8. The molecule has 3 aromatic carbocycles. The topological polar surface area (TPSA) is 93.2 Å². The zero-order chi connectivity index (χ0) is 35.1. The van der Waals surface area contributed by atoms with Gasteiger partial charge in [-0.1, -0.05) is 103 Å². The van der Waals surface area contributed by atoms with Crippen LogP contribution in [0.1, 0.15) is 101 Å². The molecule has 0 aliphatic carbocycles. The molecule has 4 aliphatic rings. The van der Waals surface area contributed by atoms with E-state index in [1.54, 1.807) is 21.9 Å². The first-order chi connectivity index (χ1) is 24.3. The molecular formula is C42H44N2O6. The van der Waals surface area contributed by atoms with E-state index in [0.29, 0.717) is 58.3 Å². The Balaban J connectivity index is 1.30. The lowest BCUT2D eigenvalue weighted by atomic mass is 9.92. The second kappa shape index (κ2) is 13.7. The molecule has 7 rings (SSSR count). The Labute approximate surface area is 293 Å². The lowest BCUT2D eigenvalue weighted by molar-refractivity contribution is -0.127. The number of para-hydroxylation sites is 2. The van der Waals surface area contributed by atoms with Gasteiger partial charge in [-0.2, -0.15) is 0 Å². The van der Waals surface area contributed by atoms with Crippen molar-refractivity contribution >= 4 is 57.4 Å². The van der Waals surface area contributed by atoms with Gasteiger partial charge in [-0.25, -0.2) is 9.59 Å². The normalized spacial score (nSPS) is 20.2. The maximum Gasteiger partial charge on any atom is 0.345 e. The smallest absolute Gasteiger partial charge is 0.345 e. The minimum atomic E-state index is -0.631. The van der Waals surface area contributed by atoms with Gasteiger partial charge in [0.15, 0.2) is 0 Å². The monoisotopic (exact) mass is 672 g/mol. The number of esters is 2. The summed E-state index contributed by atoms with van der Waals surface area (Å²) in [5.74, 6) is -0.619. The molecule has 8 heteroatoms. The average Bonchev–Trinajstić information content (AvgIpc) is 3.79. The van der Waals surface area contributed by atoms with Crippen molar-refractivity contribution in [2.24, 2.45) is 11.8 Å². The van der Waals surface area contributed by atoms with E-state index in [2.05, 4.69) is 27.7 Å². The van der Waals surface area contributed by atoms with Crippen LogP contribution in [0.15, 0.2) is 60.7 Å². The molecule has 0 aromatic heterocycles. The molecule has 2 unspecified atom stereocenters. The molecule has 4 aliphatic heterocycles. The second-order valence-corrected chi connectivity index (χ2v) is 13.8. The number of nitrogens with zero attached hydrogens (tertiary/aromatic N) is 2. The van der Waals surface area contributed by atoms with Crippen molar-refractivity contribution in [2.45, 2.75) is 79.1 Å². The summed E-state index contributed by atoms with van der Waals surface area (Å²) in [5, 5.41) is 0. The van der Waals surface area contributed by atoms with Gasteiger partial charge in [0.2, 0.25) is 0 Å². The summed E-state index contributed by atoms with van der Waals surface area (Å²) in [6.07, 6.45) is 8.28. The fraction of sp³-hybridized carbons (Fsp3) is 0.381. The number of anilines is 2. The van der Waals surface area contributed by atoms with Gasteiger partial charge in [0.1, 0.15) is 11.5 Å². The molecule has 0 fully saturated rings. The number of amides is 2. The Hall–Kier alpha value is -4.98. The zero-order valence-corrected chi connectivity index (χ0v) is 29.3. The summed E-state index contributed by atoms with van der Waals surface area (Å²) in [6, 6.07) is 18.3. The first kappa shape index (κ1) is 33.5. The van der Waals surface area contributed by atoms with E-state index in [1.807, 2.05) is 48.5 Å². The van der Waals surface area contributed by atoms with Crippen LogP contribution in [0.4, 0.5) is 11.4 Å². The van der Waals surface area contributed by atoms with Gasteiger partial charge in [0.25, 0.3) is 11.8 Å². The number of carbonyl (C=O) groups excluding carboxylic acids is 4. The lowest BCUT2D eigenvalue weighted by Gasteiger charge is -2.23. The number of benzene rings is 3. The van der Waals surface area contributed by atoms with Crippen LogP contribution < -0.4 is 19.3 Å². The maximum atomic E-state index is 14.2. The number of unbranched alkanes of at least 4 members (excludes halogenated alkanes) is 2. The lowest BCUT2D eigenvalue weighted by Crippen LogP contribution is -2.32. The van der Waals surface area contributed by atoms with Crippen molar-refractivity contribution in [3.05, 3.63) is 82.9 Å². The summed E-state index contributed by atoms with van der Waals surface area (Å²) in [6.45, 7) is 9.75. The van der Waals surface area contributed by atoms with E-state index < -0.39 is 11.9 Å². The van der Waals surface area contributed by atoms with Gasteiger partial charge in [0, 0.05) is 35.3 Å². The first-order valence-corrected chi connectivity index (χ1v) is 18.2. The fourth-order valence-electron chi connectivity index (χ4n) is 7.87. The third-order valence-corrected chi connectivity index (χ3v) is 10.7. The van der Waals surface area contributed by atoms with E-state index in [1.165, 1.54) is 0 Å². The van der Waals surface area contributed by atoms with Crippen LogP contribution >= 0.6 is 0 Å². The molecule has 258 valence electrons. The van der Waals surface area contributed by atoms with Gasteiger partial charge in [-0.05, 0) is 48.9 Å². The van der Waals surface area contributed by atoms with E-state index >= 15 is 0 Å². The molecule has 50 heavy (non-hydrogen) atoms. The molecule has 4 heterocycles. The molecule has 0 radical (unpaired) electrons. The predicted octanol–water partition coefficient (Wildman–Crippen LogP) is 8.47. The van der Waals surface area contributed by atoms with Crippen LogP contribution in [-0.2, 0) is 19.2 Å². The third-order valence-electron chi connectivity index (χ3n) is 10.7. The number of hydrogen-bond acceptors (Lipinski definition) is 6. The number of carbonyl (C=O) groups is 4. The molecular weight excluding hydrogens is 628 g/mol. The number of fused-ring (bicyclic) bond motifs is 4. The highest BCUT2D eigenvalue weighted by Crippen LogP contribution is 2.52. The van der Waals surface area contributed by atoms with Gasteiger partial charge in [0.05, 0.1) is 33.7 Å². The molecule has 2 atom stereocenters. The molecule has 3 aromatic rings. The highest BCUT2D eigenvalue weighted by atomic mass is 16.5. The Morgan fingerprint density at radius 3 is 1.32 bits per heavy atom. The Morgan fingerprint density at radius 1 is 0.540 bits per heavy atom. The third kappa shape index (κ3) is 5.55. The van der Waals surface area contributed by atoms with Crippen molar-refractivity contribution in [1.29, 1.82) is 0 Å². The molecule has 0 N–H and O–H groups in total. The molecule has 0 saturated heterocycles. The van der Waals surface area contributed by atoms with E-state index in [9.17, 15) is 19.2 Å². The average molecular weight is 673 g/mol. The van der Waals surface area contributed by atoms with Crippen molar-refractivity contribution < 1.29 is 28.7 Å². The van der Waals surface area contributed by atoms with E-state index in [-0.39, 0.29) is 34.5 Å². The SMILES string of the molecule is CCCCC(CC)CN1C(=O)/C(=C2\C(=O)Oc3cc4c(cc32)OC(=O)/C4=C2/C(=O)N(CC(CC)CCCC)c3ccccc32)c2ccccc21. The van der Waals surface area contributed by atoms with Crippen LogP contribution in [-0.4, -0.2) is 36.8 Å². The summed E-state index contributed by atoms with van der Waals surface area (Å²) in [5.41, 5.74) is 4.61. The summed E-state index contributed by atoms with van der Waals surface area (Å²) < 4.78 is 11.7. The standard InChI is InChI=1S/C42H44N2O6/c1-5-9-15-25(7-3)23-43-31-19-13-11-17-27(31)35(39(43)45)37-29-21-34-30(22-33(29)49-41(37)47)38(42(48)50-34)36-28-18-12-14-20-32(28)44(40(36)46)24-26(8-4)16-10-6-2/h11-14,17-22,25-26H,5-10,15-16,23-24H2,1-4H3/b37-35-,38-36+. The van der Waals surface area contributed by atoms with Crippen LogP contribution in [0.3, 0.4) is 0 Å². The highest BCUT2D eigenvalue weighted by Gasteiger charge is 2.45. The largest absolute Gasteiger partial charge is 0.422 e.